The number of unbranched alkanes of at least 4 members (excludes halogenated alkanes) is 1. The van der Waals surface area contributed by atoms with Crippen LogP contribution < -0.4 is 16.6 Å². The molecule has 2 rings (SSSR count). The van der Waals surface area contributed by atoms with E-state index in [0.29, 0.717) is 6.54 Å². The minimum Gasteiger partial charge on any atom is -0.364 e. The minimum atomic E-state index is -0.566. The molecule has 10 nitrogen and oxygen atoms in total. The van der Waals surface area contributed by atoms with Crippen LogP contribution in [-0.2, 0) is 6.54 Å². The van der Waals surface area contributed by atoms with E-state index in [-0.39, 0.29) is 17.3 Å². The van der Waals surface area contributed by atoms with Crippen LogP contribution in [0.15, 0.2) is 25.0 Å². The number of anilines is 2. The zero-order chi connectivity index (χ0) is 15.1. The van der Waals surface area contributed by atoms with Gasteiger partial charge in [0.15, 0.2) is 0 Å². The molecule has 2 aromatic heterocycles. The molecule has 2 heterocycles. The van der Waals surface area contributed by atoms with Crippen molar-refractivity contribution in [3.63, 3.8) is 0 Å². The van der Waals surface area contributed by atoms with E-state index >= 15 is 0 Å². The van der Waals surface area contributed by atoms with Crippen LogP contribution in [0.1, 0.15) is 12.8 Å². The maximum absolute atomic E-state index is 11.0. The van der Waals surface area contributed by atoms with Gasteiger partial charge in [0.05, 0.1) is 11.3 Å². The van der Waals surface area contributed by atoms with Crippen LogP contribution in [0.25, 0.3) is 0 Å². The number of nitrogens with zero attached hydrogens (tertiary/aromatic N) is 5. The maximum atomic E-state index is 11.0. The Morgan fingerprint density at radius 3 is 2.81 bits per heavy atom. The molecule has 0 spiro atoms. The molecule has 0 aliphatic carbocycles. The van der Waals surface area contributed by atoms with Crippen molar-refractivity contribution in [3.8, 4) is 0 Å². The van der Waals surface area contributed by atoms with E-state index in [0.717, 1.165) is 19.4 Å². The summed E-state index contributed by atoms with van der Waals surface area (Å²) in [6.07, 6.45) is 8.35. The van der Waals surface area contributed by atoms with Gasteiger partial charge in [-0.2, -0.15) is 0 Å². The third kappa shape index (κ3) is 3.86. The monoisotopic (exact) mass is 292 g/mol. The first kappa shape index (κ1) is 14.7. The first-order valence-electron chi connectivity index (χ1n) is 6.38. The van der Waals surface area contributed by atoms with Gasteiger partial charge >= 0.3 is 5.69 Å². The number of hydrogen-bond acceptors (Lipinski definition) is 8. The summed E-state index contributed by atoms with van der Waals surface area (Å²) >= 11 is 0. The average Bonchev–Trinajstić information content (AvgIpc) is 2.99. The first-order chi connectivity index (χ1) is 10.2. The molecule has 0 aromatic carbocycles. The molecular weight excluding hydrogens is 276 g/mol. The van der Waals surface area contributed by atoms with Gasteiger partial charge in [-0.1, -0.05) is 0 Å². The molecule has 0 bridgehead atoms. The number of aromatic nitrogens is 4. The number of nitrogens with two attached hydrogens (primary N) is 1. The van der Waals surface area contributed by atoms with E-state index in [1.807, 2.05) is 10.8 Å². The molecule has 10 heteroatoms. The molecule has 2 aromatic rings. The van der Waals surface area contributed by atoms with Crippen LogP contribution >= 0.6 is 0 Å². The second-order valence-corrected chi connectivity index (χ2v) is 4.26. The van der Waals surface area contributed by atoms with Gasteiger partial charge in [-0.3, -0.25) is 10.1 Å². The summed E-state index contributed by atoms with van der Waals surface area (Å²) in [5, 5.41) is 14.0. The van der Waals surface area contributed by atoms with E-state index in [1.54, 1.807) is 12.5 Å². The quantitative estimate of drug-likeness (QED) is 0.280. The van der Waals surface area contributed by atoms with Crippen LogP contribution in [0.2, 0.25) is 0 Å². The fraction of sp³-hybridized carbons (Fsp3) is 0.364. The highest BCUT2D eigenvalue weighted by atomic mass is 16.6. The molecule has 112 valence electrons. The third-order valence-corrected chi connectivity index (χ3v) is 2.84. The average molecular weight is 292 g/mol. The molecule has 0 aliphatic heterocycles. The molecule has 0 atom stereocenters. The molecule has 0 amide bonds. The number of hydrazine groups is 1. The fourth-order valence-corrected chi connectivity index (χ4v) is 1.83. The van der Waals surface area contributed by atoms with Crippen molar-refractivity contribution in [2.75, 3.05) is 17.3 Å². The second kappa shape index (κ2) is 7.14. The molecule has 0 aliphatic rings. The van der Waals surface area contributed by atoms with E-state index in [1.165, 1.54) is 6.33 Å². The summed E-state index contributed by atoms with van der Waals surface area (Å²) in [5.74, 6) is 5.35. The lowest BCUT2D eigenvalue weighted by atomic mass is 10.3. The summed E-state index contributed by atoms with van der Waals surface area (Å²) in [6.45, 7) is 1.42. The van der Waals surface area contributed by atoms with Crippen molar-refractivity contribution < 1.29 is 4.92 Å². The Labute approximate surface area is 120 Å². The molecule has 4 N–H and O–H groups in total. The van der Waals surface area contributed by atoms with Gasteiger partial charge in [0, 0.05) is 25.5 Å². The van der Waals surface area contributed by atoms with Crippen LogP contribution in [0, 0.1) is 10.1 Å². The summed E-state index contributed by atoms with van der Waals surface area (Å²) in [6, 6.07) is 0. The van der Waals surface area contributed by atoms with Crippen molar-refractivity contribution in [2.45, 2.75) is 19.4 Å². The fourth-order valence-electron chi connectivity index (χ4n) is 1.83. The highest BCUT2D eigenvalue weighted by Gasteiger charge is 2.21. The number of nitro groups is 1. The Hall–Kier alpha value is -2.75. The largest absolute Gasteiger partial charge is 0.364 e. The number of nitrogens with one attached hydrogen (secondary N) is 2. The predicted octanol–water partition coefficient (Wildman–Crippen LogP) is 0.759. The Morgan fingerprint density at radius 2 is 2.14 bits per heavy atom. The van der Waals surface area contributed by atoms with Gasteiger partial charge in [-0.25, -0.2) is 20.8 Å². The first-order valence-corrected chi connectivity index (χ1v) is 6.38. The van der Waals surface area contributed by atoms with Crippen LogP contribution in [0.5, 0.6) is 0 Å². The lowest BCUT2D eigenvalue weighted by molar-refractivity contribution is -0.383. The molecule has 0 saturated heterocycles. The lowest BCUT2D eigenvalue weighted by Crippen LogP contribution is -2.14. The summed E-state index contributed by atoms with van der Waals surface area (Å²) < 4.78 is 1.98. The lowest BCUT2D eigenvalue weighted by Gasteiger charge is -2.08. The van der Waals surface area contributed by atoms with Crippen molar-refractivity contribution in [1.29, 1.82) is 0 Å². The number of hydrogen-bond donors (Lipinski definition) is 3. The minimum absolute atomic E-state index is 0.0177. The maximum Gasteiger partial charge on any atom is 0.354 e. The Balaban J connectivity index is 1.86. The van der Waals surface area contributed by atoms with Gasteiger partial charge in [0.25, 0.3) is 0 Å². The molecule has 0 radical (unpaired) electrons. The van der Waals surface area contributed by atoms with Crippen molar-refractivity contribution in [3.05, 3.63) is 35.2 Å². The number of imidazole rings is 1. The number of rotatable bonds is 8. The standard InChI is InChI=1S/C11H16N8O2/c12-17-11-9(19(20)21)10(15-7-16-11)14-3-1-2-5-18-6-4-13-8-18/h4,6-8H,1-3,5,12H2,(H2,14,15,16,17). The van der Waals surface area contributed by atoms with Gasteiger partial charge in [-0.05, 0) is 12.8 Å². The molecular formula is C11H16N8O2. The molecule has 0 unspecified atom stereocenters. The van der Waals surface area contributed by atoms with Crippen molar-refractivity contribution in [2.24, 2.45) is 5.84 Å². The van der Waals surface area contributed by atoms with E-state index in [4.69, 9.17) is 5.84 Å². The Bertz CT molecular complexity index is 586. The third-order valence-electron chi connectivity index (χ3n) is 2.84. The van der Waals surface area contributed by atoms with Crippen molar-refractivity contribution >= 4 is 17.3 Å². The SMILES string of the molecule is NNc1ncnc(NCCCCn2ccnc2)c1[N+](=O)[O-]. The summed E-state index contributed by atoms with van der Waals surface area (Å²) in [4.78, 5) is 22.0. The van der Waals surface area contributed by atoms with E-state index in [9.17, 15) is 10.1 Å². The van der Waals surface area contributed by atoms with Crippen LogP contribution in [0.3, 0.4) is 0 Å². The Kier molecular flexibility index (Phi) is 4.99. The summed E-state index contributed by atoms with van der Waals surface area (Å²) in [7, 11) is 0. The van der Waals surface area contributed by atoms with Crippen LogP contribution in [-0.4, -0.2) is 31.0 Å². The zero-order valence-corrected chi connectivity index (χ0v) is 11.3. The molecule has 0 fully saturated rings. The molecule has 0 saturated carbocycles. The topological polar surface area (TPSA) is 137 Å². The van der Waals surface area contributed by atoms with Crippen molar-refractivity contribution in [1.82, 2.24) is 19.5 Å². The van der Waals surface area contributed by atoms with Gasteiger partial charge < -0.3 is 15.3 Å². The smallest absolute Gasteiger partial charge is 0.354 e. The van der Waals surface area contributed by atoms with E-state index in [2.05, 4.69) is 25.7 Å². The second-order valence-electron chi connectivity index (χ2n) is 4.26. The summed E-state index contributed by atoms with van der Waals surface area (Å²) in [5.41, 5.74) is 1.94. The predicted molar refractivity (Wildman–Crippen MR) is 76.4 cm³/mol. The Morgan fingerprint density at radius 1 is 1.33 bits per heavy atom. The van der Waals surface area contributed by atoms with E-state index < -0.39 is 4.92 Å². The molecule has 21 heavy (non-hydrogen) atoms. The van der Waals surface area contributed by atoms with Gasteiger partial charge in [-0.15, -0.1) is 0 Å². The zero-order valence-electron chi connectivity index (χ0n) is 11.3. The van der Waals surface area contributed by atoms with Gasteiger partial charge in [0.2, 0.25) is 11.6 Å². The number of nitrogen functional groups attached to an aromatic ring is 1. The normalized spacial score (nSPS) is 10.3. The van der Waals surface area contributed by atoms with Gasteiger partial charge in [0.1, 0.15) is 6.33 Å². The highest BCUT2D eigenvalue weighted by molar-refractivity contribution is 5.68. The highest BCUT2D eigenvalue weighted by Crippen LogP contribution is 2.27. The van der Waals surface area contributed by atoms with Crippen LogP contribution in [0.4, 0.5) is 17.3 Å². The number of aryl methyl sites for hydroxylation is 1.